The number of benzene rings is 2. The Labute approximate surface area is 125 Å². The molecule has 0 aliphatic heterocycles. The summed E-state index contributed by atoms with van der Waals surface area (Å²) in [4.78, 5) is 0. The van der Waals surface area contributed by atoms with Gasteiger partial charge in [0.1, 0.15) is 5.75 Å². The number of aromatic hydroxyl groups is 1. The first-order valence-corrected chi connectivity index (χ1v) is 7.82. The van der Waals surface area contributed by atoms with Crippen LogP contribution in [-0.2, 0) is 6.54 Å². The first-order valence-electron chi connectivity index (χ1n) is 7.82. The molecule has 0 spiro atoms. The number of aliphatic hydroxyl groups is 1. The van der Waals surface area contributed by atoms with Crippen LogP contribution in [0, 0.1) is 5.92 Å². The average Bonchev–Trinajstić information content (AvgIpc) is 2.50. The Kier molecular flexibility index (Phi) is 4.42. The minimum atomic E-state index is -0.128. The second-order valence-electron chi connectivity index (χ2n) is 6.10. The Balaban J connectivity index is 1.66. The van der Waals surface area contributed by atoms with E-state index in [-0.39, 0.29) is 6.10 Å². The minimum absolute atomic E-state index is 0.128. The maximum absolute atomic E-state index is 10.1. The Morgan fingerprint density at radius 3 is 2.81 bits per heavy atom. The summed E-state index contributed by atoms with van der Waals surface area (Å²) in [5, 5.41) is 25.5. The minimum Gasteiger partial charge on any atom is -0.508 e. The van der Waals surface area contributed by atoms with Crippen LogP contribution in [0.4, 0.5) is 0 Å². The predicted molar refractivity (Wildman–Crippen MR) is 85.3 cm³/mol. The van der Waals surface area contributed by atoms with Crippen molar-refractivity contribution in [3.8, 4) is 5.75 Å². The van der Waals surface area contributed by atoms with Crippen molar-refractivity contribution >= 4 is 10.8 Å². The molecule has 0 aromatic heterocycles. The van der Waals surface area contributed by atoms with E-state index in [1.807, 2.05) is 18.2 Å². The Morgan fingerprint density at radius 2 is 1.95 bits per heavy atom. The molecule has 3 N–H and O–H groups in total. The van der Waals surface area contributed by atoms with Gasteiger partial charge in [-0.1, -0.05) is 36.8 Å². The zero-order valence-electron chi connectivity index (χ0n) is 12.3. The molecule has 0 amide bonds. The van der Waals surface area contributed by atoms with E-state index in [1.165, 1.54) is 6.42 Å². The highest BCUT2D eigenvalue weighted by atomic mass is 16.3. The Morgan fingerprint density at radius 1 is 1.10 bits per heavy atom. The number of nitrogens with one attached hydrogen (secondary N) is 1. The molecule has 1 aliphatic rings. The molecule has 2 aromatic carbocycles. The van der Waals surface area contributed by atoms with Gasteiger partial charge in [-0.3, -0.25) is 0 Å². The first kappa shape index (κ1) is 14.4. The summed E-state index contributed by atoms with van der Waals surface area (Å²) in [5.41, 5.74) is 0.962. The molecular formula is C18H23NO2. The normalized spacial score (nSPS) is 22.5. The van der Waals surface area contributed by atoms with Crippen LogP contribution in [0.25, 0.3) is 10.8 Å². The molecule has 0 saturated heterocycles. The van der Waals surface area contributed by atoms with E-state index >= 15 is 0 Å². The van der Waals surface area contributed by atoms with Crippen LogP contribution in [0.15, 0.2) is 36.4 Å². The van der Waals surface area contributed by atoms with E-state index in [0.717, 1.165) is 42.1 Å². The molecule has 0 bridgehead atoms. The average molecular weight is 285 g/mol. The van der Waals surface area contributed by atoms with E-state index in [1.54, 1.807) is 6.07 Å². The van der Waals surface area contributed by atoms with Crippen molar-refractivity contribution in [2.75, 3.05) is 6.54 Å². The van der Waals surface area contributed by atoms with Gasteiger partial charge in [-0.25, -0.2) is 0 Å². The first-order chi connectivity index (χ1) is 10.2. The van der Waals surface area contributed by atoms with Crippen LogP contribution in [0.5, 0.6) is 5.75 Å². The van der Waals surface area contributed by atoms with Crippen molar-refractivity contribution in [1.29, 1.82) is 0 Å². The number of fused-ring (bicyclic) bond motifs is 1. The standard InChI is InChI=1S/C18H23NO2/c20-15-6-3-4-13(10-15)11-19-12-17-16-7-2-1-5-14(16)8-9-18(17)21/h1-2,5,7-9,13,15,19-21H,3-4,6,10-12H2. The van der Waals surface area contributed by atoms with Crippen LogP contribution in [0.1, 0.15) is 31.2 Å². The van der Waals surface area contributed by atoms with Crippen LogP contribution in [-0.4, -0.2) is 22.9 Å². The lowest BCUT2D eigenvalue weighted by Gasteiger charge is -2.26. The smallest absolute Gasteiger partial charge is 0.120 e. The number of hydrogen-bond donors (Lipinski definition) is 3. The van der Waals surface area contributed by atoms with E-state index < -0.39 is 0 Å². The second kappa shape index (κ2) is 6.46. The fourth-order valence-corrected chi connectivity index (χ4v) is 3.36. The van der Waals surface area contributed by atoms with Crippen LogP contribution >= 0.6 is 0 Å². The molecule has 3 heteroatoms. The third kappa shape index (κ3) is 3.36. The molecular weight excluding hydrogens is 262 g/mol. The van der Waals surface area contributed by atoms with Crippen molar-refractivity contribution in [2.45, 2.75) is 38.3 Å². The summed E-state index contributed by atoms with van der Waals surface area (Å²) in [5.74, 6) is 0.899. The van der Waals surface area contributed by atoms with Crippen LogP contribution in [0.3, 0.4) is 0 Å². The zero-order valence-corrected chi connectivity index (χ0v) is 12.3. The highest BCUT2D eigenvalue weighted by Gasteiger charge is 2.19. The molecule has 2 atom stereocenters. The van der Waals surface area contributed by atoms with E-state index in [9.17, 15) is 10.2 Å². The molecule has 21 heavy (non-hydrogen) atoms. The highest BCUT2D eigenvalue weighted by Crippen LogP contribution is 2.27. The summed E-state index contributed by atoms with van der Waals surface area (Å²) in [6, 6.07) is 11.9. The van der Waals surface area contributed by atoms with Crippen molar-refractivity contribution in [3.05, 3.63) is 42.0 Å². The fraction of sp³-hybridized carbons (Fsp3) is 0.444. The lowest BCUT2D eigenvalue weighted by Crippen LogP contribution is -2.29. The Bertz CT molecular complexity index is 611. The summed E-state index contributed by atoms with van der Waals surface area (Å²) in [6.07, 6.45) is 4.02. The highest BCUT2D eigenvalue weighted by molar-refractivity contribution is 5.87. The molecule has 2 aromatic rings. The summed E-state index contributed by atoms with van der Waals surface area (Å²) >= 11 is 0. The van der Waals surface area contributed by atoms with E-state index in [4.69, 9.17) is 0 Å². The van der Waals surface area contributed by atoms with Gasteiger partial charge < -0.3 is 15.5 Å². The van der Waals surface area contributed by atoms with Gasteiger partial charge in [0.15, 0.2) is 0 Å². The zero-order chi connectivity index (χ0) is 14.7. The second-order valence-corrected chi connectivity index (χ2v) is 6.10. The molecule has 112 valence electrons. The lowest BCUT2D eigenvalue weighted by molar-refractivity contribution is 0.101. The summed E-state index contributed by atoms with van der Waals surface area (Å²) < 4.78 is 0. The number of aliphatic hydroxyl groups excluding tert-OH is 1. The summed E-state index contributed by atoms with van der Waals surface area (Å²) in [6.45, 7) is 1.57. The number of rotatable bonds is 4. The van der Waals surface area contributed by atoms with Crippen LogP contribution < -0.4 is 5.32 Å². The molecule has 2 unspecified atom stereocenters. The van der Waals surface area contributed by atoms with Crippen LogP contribution in [0.2, 0.25) is 0 Å². The molecule has 3 nitrogen and oxygen atoms in total. The molecule has 1 saturated carbocycles. The number of phenolic OH excluding ortho intramolecular Hbond substituents is 1. The van der Waals surface area contributed by atoms with E-state index in [2.05, 4.69) is 17.4 Å². The van der Waals surface area contributed by atoms with Crippen molar-refractivity contribution in [3.63, 3.8) is 0 Å². The van der Waals surface area contributed by atoms with Gasteiger partial charge in [0.05, 0.1) is 6.10 Å². The molecule has 0 heterocycles. The van der Waals surface area contributed by atoms with Gasteiger partial charge in [-0.05, 0) is 48.6 Å². The third-order valence-corrected chi connectivity index (χ3v) is 4.51. The SMILES string of the molecule is Oc1ccc2ccccc2c1CNCC1CCCC(O)C1. The lowest BCUT2D eigenvalue weighted by atomic mass is 9.87. The van der Waals surface area contributed by atoms with Crippen molar-refractivity contribution in [1.82, 2.24) is 5.32 Å². The number of phenols is 1. The van der Waals surface area contributed by atoms with E-state index in [0.29, 0.717) is 18.2 Å². The topological polar surface area (TPSA) is 52.5 Å². The molecule has 1 aliphatic carbocycles. The third-order valence-electron chi connectivity index (χ3n) is 4.51. The van der Waals surface area contributed by atoms with Crippen molar-refractivity contribution < 1.29 is 10.2 Å². The van der Waals surface area contributed by atoms with Gasteiger partial charge in [0.2, 0.25) is 0 Å². The fourth-order valence-electron chi connectivity index (χ4n) is 3.36. The monoisotopic (exact) mass is 285 g/mol. The summed E-state index contributed by atoms with van der Waals surface area (Å²) in [7, 11) is 0. The maximum Gasteiger partial charge on any atom is 0.120 e. The Hall–Kier alpha value is -1.58. The van der Waals surface area contributed by atoms with Gasteiger partial charge >= 0.3 is 0 Å². The molecule has 0 radical (unpaired) electrons. The van der Waals surface area contributed by atoms with Gasteiger partial charge in [0, 0.05) is 12.1 Å². The number of hydrogen-bond acceptors (Lipinski definition) is 3. The van der Waals surface area contributed by atoms with Gasteiger partial charge in [-0.15, -0.1) is 0 Å². The van der Waals surface area contributed by atoms with Crippen molar-refractivity contribution in [2.24, 2.45) is 5.92 Å². The molecule has 1 fully saturated rings. The largest absolute Gasteiger partial charge is 0.508 e. The quantitative estimate of drug-likeness (QED) is 0.808. The molecule has 3 rings (SSSR count). The van der Waals surface area contributed by atoms with Gasteiger partial charge in [-0.2, -0.15) is 0 Å². The maximum atomic E-state index is 10.1. The predicted octanol–water partition coefficient (Wildman–Crippen LogP) is 3.19. The van der Waals surface area contributed by atoms with Gasteiger partial charge in [0.25, 0.3) is 0 Å².